The molecule has 0 heterocycles. The highest BCUT2D eigenvalue weighted by Gasteiger charge is 2.16. The molecule has 3 heteroatoms. The Kier molecular flexibility index (Phi) is 4.32. The normalized spacial score (nSPS) is 12.5. The van der Waals surface area contributed by atoms with Gasteiger partial charge in [-0.2, -0.15) is 0 Å². The van der Waals surface area contributed by atoms with E-state index < -0.39 is 0 Å². The van der Waals surface area contributed by atoms with Gasteiger partial charge >= 0.3 is 0 Å². The predicted octanol–water partition coefficient (Wildman–Crippen LogP) is 5.84. The van der Waals surface area contributed by atoms with Gasteiger partial charge < -0.3 is 0 Å². The Labute approximate surface area is 126 Å². The van der Waals surface area contributed by atoms with Crippen LogP contribution in [0.5, 0.6) is 0 Å². The molecule has 2 aromatic carbocycles. The predicted molar refractivity (Wildman–Crippen MR) is 82.4 cm³/mol. The van der Waals surface area contributed by atoms with E-state index in [1.54, 1.807) is 13.8 Å². The Morgan fingerprint density at radius 3 is 2.21 bits per heavy atom. The summed E-state index contributed by atoms with van der Waals surface area (Å²) >= 11 is 10.1. The quantitative estimate of drug-likeness (QED) is 0.602. The zero-order chi connectivity index (χ0) is 14.2. The Bertz CT molecular complexity index is 599. The zero-order valence-corrected chi connectivity index (χ0v) is 13.4. The van der Waals surface area contributed by atoms with Crippen LogP contribution in [-0.2, 0) is 0 Å². The van der Waals surface area contributed by atoms with Crippen LogP contribution in [0.2, 0.25) is 0 Å². The number of aryl methyl sites for hydroxylation is 3. The van der Waals surface area contributed by atoms with E-state index in [2.05, 4.69) is 22.0 Å². The minimum atomic E-state index is -0.285. The molecule has 0 spiro atoms. The molecule has 0 aliphatic rings. The summed E-state index contributed by atoms with van der Waals surface area (Å²) in [5, 5.41) is -0.285. The SMILES string of the molecule is Cc1ccc(Br)c(C(Cl)c2cc(C)c(F)c(C)c2)c1. The average Bonchev–Trinajstić information content (AvgIpc) is 2.37. The number of rotatable bonds is 2. The lowest BCUT2D eigenvalue weighted by atomic mass is 9.99. The highest BCUT2D eigenvalue weighted by molar-refractivity contribution is 9.10. The molecule has 2 rings (SSSR count). The number of halogens is 3. The maximum absolute atomic E-state index is 13.7. The first-order chi connectivity index (χ1) is 8.90. The van der Waals surface area contributed by atoms with Gasteiger partial charge in [-0.1, -0.05) is 45.8 Å². The Balaban J connectivity index is 2.49. The molecule has 2 aromatic rings. The zero-order valence-electron chi connectivity index (χ0n) is 11.1. The lowest BCUT2D eigenvalue weighted by Gasteiger charge is -2.15. The molecule has 0 radical (unpaired) electrons. The molecule has 1 atom stereocenters. The summed E-state index contributed by atoms with van der Waals surface area (Å²) in [5.74, 6) is -0.157. The van der Waals surface area contributed by atoms with E-state index in [4.69, 9.17) is 11.6 Å². The van der Waals surface area contributed by atoms with Gasteiger partial charge in [0.05, 0.1) is 5.38 Å². The maximum atomic E-state index is 13.7. The summed E-state index contributed by atoms with van der Waals surface area (Å²) in [5.41, 5.74) is 4.34. The molecule has 19 heavy (non-hydrogen) atoms. The molecule has 0 saturated carbocycles. The third-order valence-electron chi connectivity index (χ3n) is 3.18. The van der Waals surface area contributed by atoms with Gasteiger partial charge in [0.15, 0.2) is 0 Å². The van der Waals surface area contributed by atoms with Gasteiger partial charge in [-0.25, -0.2) is 4.39 Å². The van der Waals surface area contributed by atoms with Crippen LogP contribution in [0.1, 0.15) is 33.2 Å². The highest BCUT2D eigenvalue weighted by atomic mass is 79.9. The fourth-order valence-electron chi connectivity index (χ4n) is 2.16. The van der Waals surface area contributed by atoms with E-state index in [-0.39, 0.29) is 11.2 Å². The van der Waals surface area contributed by atoms with Crippen molar-refractivity contribution >= 4 is 27.5 Å². The van der Waals surface area contributed by atoms with Crippen LogP contribution >= 0.6 is 27.5 Å². The summed E-state index contributed by atoms with van der Waals surface area (Å²) in [4.78, 5) is 0. The van der Waals surface area contributed by atoms with Crippen LogP contribution in [0.15, 0.2) is 34.8 Å². The van der Waals surface area contributed by atoms with Gasteiger partial charge in [0.2, 0.25) is 0 Å². The number of hydrogen-bond acceptors (Lipinski definition) is 0. The molecule has 0 aromatic heterocycles. The number of alkyl halides is 1. The van der Waals surface area contributed by atoms with Crippen molar-refractivity contribution in [2.24, 2.45) is 0 Å². The van der Waals surface area contributed by atoms with Crippen LogP contribution in [0.4, 0.5) is 4.39 Å². The number of hydrogen-bond donors (Lipinski definition) is 0. The Hall–Kier alpha value is -0.860. The molecule has 1 unspecified atom stereocenters. The second-order valence-corrected chi connectivity index (χ2v) is 6.15. The highest BCUT2D eigenvalue weighted by Crippen LogP contribution is 2.35. The van der Waals surface area contributed by atoms with Crippen LogP contribution < -0.4 is 0 Å². The van der Waals surface area contributed by atoms with Crippen molar-refractivity contribution in [3.8, 4) is 0 Å². The summed E-state index contributed by atoms with van der Waals surface area (Å²) in [6, 6.07) is 9.70. The van der Waals surface area contributed by atoms with Gasteiger partial charge in [-0.05, 0) is 49.1 Å². The Morgan fingerprint density at radius 2 is 1.63 bits per heavy atom. The fraction of sp³-hybridized carbons (Fsp3) is 0.250. The molecular weight excluding hydrogens is 327 g/mol. The second kappa shape index (κ2) is 5.64. The summed E-state index contributed by atoms with van der Waals surface area (Å²) in [6.45, 7) is 5.56. The van der Waals surface area contributed by atoms with Crippen LogP contribution in [0.3, 0.4) is 0 Å². The average molecular weight is 342 g/mol. The van der Waals surface area contributed by atoms with E-state index in [9.17, 15) is 4.39 Å². The third-order valence-corrected chi connectivity index (χ3v) is 4.39. The van der Waals surface area contributed by atoms with E-state index >= 15 is 0 Å². The molecule has 0 N–H and O–H groups in total. The minimum Gasteiger partial charge on any atom is -0.206 e. The van der Waals surface area contributed by atoms with Crippen molar-refractivity contribution < 1.29 is 4.39 Å². The fourth-order valence-corrected chi connectivity index (χ4v) is 3.08. The molecule has 0 aliphatic heterocycles. The second-order valence-electron chi connectivity index (χ2n) is 4.86. The van der Waals surface area contributed by atoms with Crippen LogP contribution in [0.25, 0.3) is 0 Å². The van der Waals surface area contributed by atoms with E-state index in [1.807, 2.05) is 31.2 Å². The largest absolute Gasteiger partial charge is 0.206 e. The van der Waals surface area contributed by atoms with Gasteiger partial charge in [0, 0.05) is 4.47 Å². The molecule has 0 fully saturated rings. The number of benzene rings is 2. The van der Waals surface area contributed by atoms with Gasteiger partial charge in [-0.15, -0.1) is 11.6 Å². The molecular formula is C16H15BrClF. The van der Waals surface area contributed by atoms with Gasteiger partial charge in [0.1, 0.15) is 5.82 Å². The van der Waals surface area contributed by atoms with E-state index in [1.165, 1.54) is 0 Å². The Morgan fingerprint density at radius 1 is 1.05 bits per heavy atom. The van der Waals surface area contributed by atoms with E-state index in [0.29, 0.717) is 11.1 Å². The lowest BCUT2D eigenvalue weighted by Crippen LogP contribution is -1.99. The van der Waals surface area contributed by atoms with Crippen molar-refractivity contribution in [3.63, 3.8) is 0 Å². The first-order valence-corrected chi connectivity index (χ1v) is 7.30. The first kappa shape index (κ1) is 14.5. The van der Waals surface area contributed by atoms with Crippen molar-refractivity contribution in [2.75, 3.05) is 0 Å². The van der Waals surface area contributed by atoms with Gasteiger partial charge in [0.25, 0.3) is 0 Å². The van der Waals surface area contributed by atoms with E-state index in [0.717, 1.165) is 21.2 Å². The van der Waals surface area contributed by atoms with Crippen molar-refractivity contribution in [1.82, 2.24) is 0 Å². The minimum absolute atomic E-state index is 0.157. The molecule has 0 amide bonds. The molecule has 0 bridgehead atoms. The van der Waals surface area contributed by atoms with Crippen LogP contribution in [0, 0.1) is 26.6 Å². The first-order valence-electron chi connectivity index (χ1n) is 6.07. The molecule has 100 valence electrons. The van der Waals surface area contributed by atoms with Crippen molar-refractivity contribution in [3.05, 3.63) is 68.4 Å². The topological polar surface area (TPSA) is 0 Å². The van der Waals surface area contributed by atoms with Crippen LogP contribution in [-0.4, -0.2) is 0 Å². The summed E-state index contributed by atoms with van der Waals surface area (Å²) in [6.07, 6.45) is 0. The molecule has 0 saturated heterocycles. The third kappa shape index (κ3) is 3.01. The maximum Gasteiger partial charge on any atom is 0.129 e. The molecule has 0 aliphatic carbocycles. The van der Waals surface area contributed by atoms with Crippen molar-refractivity contribution in [2.45, 2.75) is 26.1 Å². The van der Waals surface area contributed by atoms with Gasteiger partial charge in [-0.3, -0.25) is 0 Å². The summed E-state index contributed by atoms with van der Waals surface area (Å²) in [7, 11) is 0. The summed E-state index contributed by atoms with van der Waals surface area (Å²) < 4.78 is 14.6. The lowest BCUT2D eigenvalue weighted by molar-refractivity contribution is 0.608. The standard InChI is InChI=1S/C16H15BrClF/c1-9-4-5-14(17)13(6-9)15(18)12-7-10(2)16(19)11(3)8-12/h4-8,15H,1-3H3. The monoisotopic (exact) mass is 340 g/mol. The molecule has 0 nitrogen and oxygen atoms in total. The van der Waals surface area contributed by atoms with Crippen molar-refractivity contribution in [1.29, 1.82) is 0 Å². The smallest absolute Gasteiger partial charge is 0.129 e.